The normalized spacial score (nSPS) is 14.1. The molecule has 0 radical (unpaired) electrons. The lowest BCUT2D eigenvalue weighted by Crippen LogP contribution is -2.45. The molecule has 2 amide bonds. The Labute approximate surface area is 156 Å². The number of hydrogen-bond donors (Lipinski definition) is 1. The predicted octanol–water partition coefficient (Wildman–Crippen LogP) is 2.27. The summed E-state index contributed by atoms with van der Waals surface area (Å²) in [5.41, 5.74) is 1.67. The Morgan fingerprint density at radius 1 is 1.23 bits per heavy atom. The van der Waals surface area contributed by atoms with Gasteiger partial charge in [0, 0.05) is 43.1 Å². The van der Waals surface area contributed by atoms with Crippen LogP contribution in [0.2, 0.25) is 5.02 Å². The van der Waals surface area contributed by atoms with E-state index in [-0.39, 0.29) is 5.91 Å². The molecule has 2 heterocycles. The van der Waals surface area contributed by atoms with Crippen LogP contribution in [0.5, 0.6) is 5.75 Å². The van der Waals surface area contributed by atoms with E-state index in [0.717, 1.165) is 12.1 Å². The molecular formula is C18H19ClN4O3. The van der Waals surface area contributed by atoms with Crippen LogP contribution in [0, 0.1) is 0 Å². The van der Waals surface area contributed by atoms with Gasteiger partial charge in [-0.1, -0.05) is 11.6 Å². The number of nitrogens with one attached hydrogen (secondary N) is 1. The van der Waals surface area contributed by atoms with Crippen LogP contribution in [0.1, 0.15) is 10.5 Å². The summed E-state index contributed by atoms with van der Waals surface area (Å²) >= 11 is 6.00. The van der Waals surface area contributed by atoms with Gasteiger partial charge in [-0.05, 0) is 30.3 Å². The first-order chi connectivity index (χ1) is 12.6. The van der Waals surface area contributed by atoms with Crippen molar-refractivity contribution in [3.8, 4) is 5.75 Å². The van der Waals surface area contributed by atoms with Crippen molar-refractivity contribution >= 4 is 35.3 Å². The number of halogens is 1. The molecule has 7 nitrogen and oxygen atoms in total. The zero-order chi connectivity index (χ0) is 18.5. The minimum Gasteiger partial charge on any atom is -0.495 e. The number of benzene rings is 1. The number of hydrogen-bond acceptors (Lipinski definition) is 5. The highest BCUT2D eigenvalue weighted by Gasteiger charge is 2.18. The molecule has 2 aromatic rings. The van der Waals surface area contributed by atoms with E-state index >= 15 is 0 Å². The molecule has 1 saturated heterocycles. The van der Waals surface area contributed by atoms with E-state index in [1.807, 2.05) is 6.07 Å². The monoisotopic (exact) mass is 374 g/mol. The van der Waals surface area contributed by atoms with Crippen LogP contribution in [0.15, 0.2) is 36.5 Å². The third-order valence-corrected chi connectivity index (χ3v) is 4.45. The van der Waals surface area contributed by atoms with Gasteiger partial charge < -0.3 is 19.9 Å². The lowest BCUT2D eigenvalue weighted by atomic mass is 10.2. The van der Waals surface area contributed by atoms with Gasteiger partial charge in [0.05, 0.1) is 12.8 Å². The summed E-state index contributed by atoms with van der Waals surface area (Å²) in [4.78, 5) is 31.4. The smallest absolute Gasteiger partial charge is 0.274 e. The molecule has 1 aliphatic rings. The number of aromatic nitrogens is 1. The number of carbonyl (C=O) groups is 2. The number of piperazine rings is 1. The van der Waals surface area contributed by atoms with Gasteiger partial charge in [0.15, 0.2) is 0 Å². The number of anilines is 2. The van der Waals surface area contributed by atoms with Crippen molar-refractivity contribution in [2.75, 3.05) is 43.5 Å². The molecular weight excluding hydrogens is 356 g/mol. The second-order valence-electron chi connectivity index (χ2n) is 5.83. The standard InChI is InChI=1S/C18H19ClN4O3/c1-26-17-3-2-13(19)10-15(17)21-18(25)16-11-14(4-5-20-16)23-8-6-22(12-24)7-9-23/h2-5,10-12H,6-9H2,1H3,(H,21,25). The van der Waals surface area contributed by atoms with Gasteiger partial charge in [0.1, 0.15) is 11.4 Å². The minimum absolute atomic E-state index is 0.294. The van der Waals surface area contributed by atoms with Gasteiger partial charge in [-0.25, -0.2) is 0 Å². The van der Waals surface area contributed by atoms with Crippen molar-refractivity contribution in [3.63, 3.8) is 0 Å². The molecule has 1 fully saturated rings. The largest absolute Gasteiger partial charge is 0.495 e. The lowest BCUT2D eigenvalue weighted by molar-refractivity contribution is -0.118. The van der Waals surface area contributed by atoms with E-state index in [0.29, 0.717) is 48.3 Å². The van der Waals surface area contributed by atoms with E-state index in [4.69, 9.17) is 16.3 Å². The molecule has 0 unspecified atom stereocenters. The third-order valence-electron chi connectivity index (χ3n) is 4.21. The average molecular weight is 375 g/mol. The molecule has 1 aromatic carbocycles. The van der Waals surface area contributed by atoms with Crippen molar-refractivity contribution in [1.29, 1.82) is 0 Å². The van der Waals surface area contributed by atoms with Crippen LogP contribution >= 0.6 is 11.6 Å². The maximum atomic E-state index is 12.6. The van der Waals surface area contributed by atoms with Crippen LogP contribution in [0.25, 0.3) is 0 Å². The number of amides is 2. The first-order valence-electron chi connectivity index (χ1n) is 8.16. The lowest BCUT2D eigenvalue weighted by Gasteiger charge is -2.34. The summed E-state index contributed by atoms with van der Waals surface area (Å²) in [5.74, 6) is 0.169. The number of rotatable bonds is 5. The first-order valence-corrected chi connectivity index (χ1v) is 8.54. The van der Waals surface area contributed by atoms with E-state index in [1.54, 1.807) is 35.4 Å². The van der Waals surface area contributed by atoms with Gasteiger partial charge >= 0.3 is 0 Å². The van der Waals surface area contributed by atoms with Crippen molar-refractivity contribution in [2.24, 2.45) is 0 Å². The fraction of sp³-hybridized carbons (Fsp3) is 0.278. The molecule has 1 aliphatic heterocycles. The number of pyridine rings is 1. The summed E-state index contributed by atoms with van der Waals surface area (Å²) < 4.78 is 5.24. The third kappa shape index (κ3) is 4.05. The van der Waals surface area contributed by atoms with E-state index in [9.17, 15) is 9.59 Å². The second kappa shape index (κ2) is 8.05. The maximum Gasteiger partial charge on any atom is 0.274 e. The predicted molar refractivity (Wildman–Crippen MR) is 100 cm³/mol. The fourth-order valence-corrected chi connectivity index (χ4v) is 2.96. The molecule has 8 heteroatoms. The second-order valence-corrected chi connectivity index (χ2v) is 6.26. The molecule has 0 saturated carbocycles. The zero-order valence-electron chi connectivity index (χ0n) is 14.3. The highest BCUT2D eigenvalue weighted by Crippen LogP contribution is 2.28. The summed E-state index contributed by atoms with van der Waals surface area (Å²) in [6.45, 7) is 2.75. The first kappa shape index (κ1) is 18.0. The van der Waals surface area contributed by atoms with Crippen LogP contribution in [0.4, 0.5) is 11.4 Å². The number of ether oxygens (including phenoxy) is 1. The highest BCUT2D eigenvalue weighted by atomic mass is 35.5. The van der Waals surface area contributed by atoms with E-state index in [1.165, 1.54) is 7.11 Å². The molecule has 136 valence electrons. The van der Waals surface area contributed by atoms with Gasteiger partial charge in [-0.3, -0.25) is 14.6 Å². The van der Waals surface area contributed by atoms with Crippen LogP contribution in [0.3, 0.4) is 0 Å². The Bertz CT molecular complexity index is 807. The Hall–Kier alpha value is -2.80. The Kier molecular flexibility index (Phi) is 5.58. The van der Waals surface area contributed by atoms with E-state index < -0.39 is 0 Å². The Balaban J connectivity index is 1.75. The fourth-order valence-electron chi connectivity index (χ4n) is 2.79. The molecule has 0 atom stereocenters. The quantitative estimate of drug-likeness (QED) is 0.813. The van der Waals surface area contributed by atoms with Crippen molar-refractivity contribution in [3.05, 3.63) is 47.2 Å². The van der Waals surface area contributed by atoms with E-state index in [2.05, 4.69) is 15.2 Å². The van der Waals surface area contributed by atoms with Crippen LogP contribution in [-0.4, -0.2) is 55.5 Å². The SMILES string of the molecule is COc1ccc(Cl)cc1NC(=O)c1cc(N2CCN(C=O)CC2)ccn1. The molecule has 0 aliphatic carbocycles. The summed E-state index contributed by atoms with van der Waals surface area (Å²) in [5, 5.41) is 3.28. The topological polar surface area (TPSA) is 74.8 Å². The van der Waals surface area contributed by atoms with Crippen molar-refractivity contribution in [2.45, 2.75) is 0 Å². The average Bonchev–Trinajstić information content (AvgIpc) is 2.68. The van der Waals surface area contributed by atoms with Crippen molar-refractivity contribution in [1.82, 2.24) is 9.88 Å². The maximum absolute atomic E-state index is 12.6. The van der Waals surface area contributed by atoms with Gasteiger partial charge in [-0.2, -0.15) is 0 Å². The summed E-state index contributed by atoms with van der Waals surface area (Å²) in [6, 6.07) is 8.60. The van der Waals surface area contributed by atoms with Gasteiger partial charge in [0.2, 0.25) is 6.41 Å². The highest BCUT2D eigenvalue weighted by molar-refractivity contribution is 6.31. The number of methoxy groups -OCH3 is 1. The van der Waals surface area contributed by atoms with Crippen LogP contribution < -0.4 is 15.0 Å². The van der Waals surface area contributed by atoms with Gasteiger partial charge in [-0.15, -0.1) is 0 Å². The Morgan fingerprint density at radius 2 is 2.00 bits per heavy atom. The summed E-state index contributed by atoms with van der Waals surface area (Å²) in [6.07, 6.45) is 2.46. The molecule has 0 bridgehead atoms. The van der Waals surface area contributed by atoms with Crippen molar-refractivity contribution < 1.29 is 14.3 Å². The zero-order valence-corrected chi connectivity index (χ0v) is 15.1. The Morgan fingerprint density at radius 3 is 2.69 bits per heavy atom. The summed E-state index contributed by atoms with van der Waals surface area (Å²) in [7, 11) is 1.52. The molecule has 26 heavy (non-hydrogen) atoms. The number of nitrogens with zero attached hydrogens (tertiary/aromatic N) is 3. The van der Waals surface area contributed by atoms with Crippen LogP contribution in [-0.2, 0) is 4.79 Å². The number of carbonyl (C=O) groups excluding carboxylic acids is 2. The molecule has 3 rings (SSSR count). The molecule has 0 spiro atoms. The molecule has 1 aromatic heterocycles. The minimum atomic E-state index is -0.348. The van der Waals surface area contributed by atoms with Gasteiger partial charge in [0.25, 0.3) is 5.91 Å². The molecule has 1 N–H and O–H groups in total.